The monoisotopic (exact) mass is 377 g/mol. The summed E-state index contributed by atoms with van der Waals surface area (Å²) in [5.41, 5.74) is 1.82. The van der Waals surface area contributed by atoms with Crippen molar-refractivity contribution in [2.75, 3.05) is 5.32 Å². The van der Waals surface area contributed by atoms with Crippen molar-refractivity contribution in [1.29, 1.82) is 0 Å². The van der Waals surface area contributed by atoms with E-state index in [4.69, 9.17) is 0 Å². The molecule has 4 aromatic rings. The smallest absolute Gasteiger partial charge is 0.267 e. The number of pyridine rings is 1. The number of rotatable bonds is 2. The molecule has 0 radical (unpaired) electrons. The van der Waals surface area contributed by atoms with Gasteiger partial charge >= 0.3 is 0 Å². The Morgan fingerprint density at radius 2 is 2.04 bits per heavy atom. The summed E-state index contributed by atoms with van der Waals surface area (Å²) >= 11 is 1.33. The molecule has 2 aromatic heterocycles. The van der Waals surface area contributed by atoms with Gasteiger partial charge in [-0.1, -0.05) is 35.6 Å². The summed E-state index contributed by atoms with van der Waals surface area (Å²) in [5, 5.41) is 14.3. The molecule has 27 heavy (non-hydrogen) atoms. The van der Waals surface area contributed by atoms with E-state index in [0.29, 0.717) is 17.1 Å². The molecule has 0 saturated carbocycles. The van der Waals surface area contributed by atoms with Gasteiger partial charge in [-0.2, -0.15) is 0 Å². The van der Waals surface area contributed by atoms with Crippen molar-refractivity contribution >= 4 is 43.5 Å². The SMILES string of the molecule is O=C(Nc1nc2ccccc2s1)c1c(O)c2cccc3c2n(c1=O)CCC3. The number of hydrogen-bond acceptors (Lipinski definition) is 5. The molecular weight excluding hydrogens is 362 g/mol. The highest BCUT2D eigenvalue weighted by Gasteiger charge is 2.25. The van der Waals surface area contributed by atoms with E-state index in [2.05, 4.69) is 10.3 Å². The van der Waals surface area contributed by atoms with Gasteiger partial charge in [0, 0.05) is 11.9 Å². The van der Waals surface area contributed by atoms with E-state index < -0.39 is 11.5 Å². The van der Waals surface area contributed by atoms with Gasteiger partial charge in [0.05, 0.1) is 15.7 Å². The third kappa shape index (κ3) is 2.43. The quantitative estimate of drug-likeness (QED) is 0.560. The van der Waals surface area contributed by atoms with Crippen LogP contribution in [0.15, 0.2) is 47.3 Å². The van der Waals surface area contributed by atoms with Crippen molar-refractivity contribution in [1.82, 2.24) is 9.55 Å². The average Bonchev–Trinajstić information content (AvgIpc) is 3.08. The number of carbonyl (C=O) groups excluding carboxylic acids is 1. The Balaban J connectivity index is 1.64. The van der Waals surface area contributed by atoms with Crippen LogP contribution in [-0.2, 0) is 13.0 Å². The molecule has 0 atom stereocenters. The molecule has 2 N–H and O–H groups in total. The Bertz CT molecular complexity index is 1260. The highest BCUT2D eigenvalue weighted by molar-refractivity contribution is 7.22. The lowest BCUT2D eigenvalue weighted by molar-refractivity contribution is 0.102. The van der Waals surface area contributed by atoms with E-state index >= 15 is 0 Å². The van der Waals surface area contributed by atoms with Crippen LogP contribution in [0.25, 0.3) is 21.1 Å². The third-order valence-corrected chi connectivity index (χ3v) is 5.86. The van der Waals surface area contributed by atoms with Crippen LogP contribution in [0.3, 0.4) is 0 Å². The summed E-state index contributed by atoms with van der Waals surface area (Å²) in [6, 6.07) is 13.1. The number of hydrogen-bond donors (Lipinski definition) is 2. The molecule has 1 amide bonds. The number of aryl methyl sites for hydroxylation is 2. The topological polar surface area (TPSA) is 84.2 Å². The van der Waals surface area contributed by atoms with E-state index in [1.165, 1.54) is 11.3 Å². The van der Waals surface area contributed by atoms with Crippen LogP contribution in [0, 0.1) is 0 Å². The summed E-state index contributed by atoms with van der Waals surface area (Å²) in [5.74, 6) is -0.910. The molecule has 134 valence electrons. The number of anilines is 1. The molecular formula is C20H15N3O3S. The van der Waals surface area contributed by atoms with Crippen LogP contribution in [0.5, 0.6) is 5.75 Å². The van der Waals surface area contributed by atoms with Gasteiger partial charge in [-0.25, -0.2) is 4.98 Å². The van der Waals surface area contributed by atoms with Crippen LogP contribution in [0.4, 0.5) is 5.13 Å². The van der Waals surface area contributed by atoms with Crippen molar-refractivity contribution in [3.8, 4) is 5.75 Å². The van der Waals surface area contributed by atoms with Gasteiger partial charge in [0.15, 0.2) is 5.13 Å². The average molecular weight is 377 g/mol. The maximum Gasteiger partial charge on any atom is 0.267 e. The third-order valence-electron chi connectivity index (χ3n) is 4.91. The fourth-order valence-corrected chi connectivity index (χ4v) is 4.57. The number of thiazole rings is 1. The van der Waals surface area contributed by atoms with Crippen LogP contribution < -0.4 is 10.9 Å². The molecule has 0 saturated heterocycles. The van der Waals surface area contributed by atoms with Gasteiger partial charge in [-0.3, -0.25) is 14.9 Å². The first-order valence-corrected chi connectivity index (χ1v) is 9.49. The summed E-state index contributed by atoms with van der Waals surface area (Å²) in [6.45, 7) is 0.536. The van der Waals surface area contributed by atoms with Crippen LogP contribution in [0.2, 0.25) is 0 Å². The number of carbonyl (C=O) groups is 1. The molecule has 0 spiro atoms. The fraction of sp³-hybridized carbons (Fsp3) is 0.150. The summed E-state index contributed by atoms with van der Waals surface area (Å²) in [7, 11) is 0. The predicted octanol–water partition coefficient (Wildman–Crippen LogP) is 3.52. The number of fused-ring (bicyclic) bond motifs is 1. The van der Waals surface area contributed by atoms with E-state index in [9.17, 15) is 14.7 Å². The number of amides is 1. The second-order valence-electron chi connectivity index (χ2n) is 6.54. The van der Waals surface area contributed by atoms with Crippen LogP contribution in [-0.4, -0.2) is 20.6 Å². The molecule has 0 unspecified atom stereocenters. The normalized spacial score (nSPS) is 13.2. The predicted molar refractivity (Wildman–Crippen MR) is 106 cm³/mol. The molecule has 2 aromatic carbocycles. The van der Waals surface area contributed by atoms with Gasteiger partial charge in [0.25, 0.3) is 11.5 Å². The first-order valence-electron chi connectivity index (χ1n) is 8.68. The highest BCUT2D eigenvalue weighted by Crippen LogP contribution is 2.32. The molecule has 7 heteroatoms. The number of para-hydroxylation sites is 2. The van der Waals surface area contributed by atoms with Crippen molar-refractivity contribution in [3.05, 3.63) is 63.9 Å². The fourth-order valence-electron chi connectivity index (χ4n) is 3.71. The summed E-state index contributed by atoms with van der Waals surface area (Å²) < 4.78 is 2.54. The number of nitrogens with zero attached hydrogens (tertiary/aromatic N) is 2. The molecule has 3 heterocycles. The highest BCUT2D eigenvalue weighted by atomic mass is 32.1. The second-order valence-corrected chi connectivity index (χ2v) is 7.57. The molecule has 1 aliphatic heterocycles. The summed E-state index contributed by atoms with van der Waals surface area (Å²) in [6.07, 6.45) is 1.68. The molecule has 1 aliphatic rings. The van der Waals surface area contributed by atoms with Gasteiger partial charge in [0.2, 0.25) is 0 Å². The standard InChI is InChI=1S/C20H15N3O3S/c24-17-12-7-3-5-11-6-4-10-23(16(11)12)19(26)15(17)18(25)22-20-21-13-8-1-2-9-14(13)27-20/h1-3,5,7-9,24H,4,6,10H2,(H,21,22,25). The number of aromatic nitrogens is 2. The van der Waals surface area contributed by atoms with Gasteiger partial charge < -0.3 is 9.67 Å². The van der Waals surface area contributed by atoms with Crippen molar-refractivity contribution in [2.24, 2.45) is 0 Å². The zero-order valence-corrected chi connectivity index (χ0v) is 15.0. The van der Waals surface area contributed by atoms with E-state index in [0.717, 1.165) is 34.1 Å². The summed E-state index contributed by atoms with van der Waals surface area (Å²) in [4.78, 5) is 30.1. The minimum atomic E-state index is -0.641. The van der Waals surface area contributed by atoms with Gasteiger partial charge in [0.1, 0.15) is 11.3 Å². The molecule has 6 nitrogen and oxygen atoms in total. The number of nitrogens with one attached hydrogen (secondary N) is 1. The van der Waals surface area contributed by atoms with Crippen LogP contribution >= 0.6 is 11.3 Å². The Labute approximate surface area is 157 Å². The van der Waals surface area contributed by atoms with E-state index in [1.54, 1.807) is 10.6 Å². The maximum absolute atomic E-state index is 12.9. The first kappa shape index (κ1) is 16.0. The lowest BCUT2D eigenvalue weighted by atomic mass is 9.99. The lowest BCUT2D eigenvalue weighted by Gasteiger charge is -2.21. The molecule has 0 fully saturated rings. The molecule has 0 bridgehead atoms. The zero-order chi connectivity index (χ0) is 18.5. The van der Waals surface area contributed by atoms with Gasteiger partial charge in [-0.05, 0) is 36.6 Å². The lowest BCUT2D eigenvalue weighted by Crippen LogP contribution is -2.31. The zero-order valence-electron chi connectivity index (χ0n) is 14.2. The number of aromatic hydroxyl groups is 1. The largest absolute Gasteiger partial charge is 0.506 e. The number of benzene rings is 2. The Hall–Kier alpha value is -3.19. The molecule has 0 aliphatic carbocycles. The molecule has 5 rings (SSSR count). The first-order chi connectivity index (χ1) is 13.1. The van der Waals surface area contributed by atoms with Gasteiger partial charge in [-0.15, -0.1) is 0 Å². The van der Waals surface area contributed by atoms with Crippen molar-refractivity contribution < 1.29 is 9.90 Å². The van der Waals surface area contributed by atoms with Crippen molar-refractivity contribution in [3.63, 3.8) is 0 Å². The van der Waals surface area contributed by atoms with E-state index in [-0.39, 0.29) is 11.3 Å². The van der Waals surface area contributed by atoms with Crippen LogP contribution in [0.1, 0.15) is 22.3 Å². The van der Waals surface area contributed by atoms with E-state index in [1.807, 2.05) is 36.4 Å². The minimum Gasteiger partial charge on any atom is -0.506 e. The van der Waals surface area contributed by atoms with Crippen molar-refractivity contribution in [2.45, 2.75) is 19.4 Å². The Morgan fingerprint density at radius 1 is 1.19 bits per heavy atom. The minimum absolute atomic E-state index is 0.235. The Kier molecular flexibility index (Phi) is 3.51. The maximum atomic E-state index is 12.9. The Morgan fingerprint density at radius 3 is 2.89 bits per heavy atom. The second kappa shape index (κ2) is 5.92.